The molecule has 0 saturated heterocycles. The third-order valence-electron chi connectivity index (χ3n) is 2.37. The molecule has 0 saturated carbocycles. The monoisotopic (exact) mass is 182 g/mol. The summed E-state index contributed by atoms with van der Waals surface area (Å²) in [7, 11) is 0. The molecule has 0 radical (unpaired) electrons. The van der Waals surface area contributed by atoms with Crippen molar-refractivity contribution in [3.05, 3.63) is 12.7 Å². The Morgan fingerprint density at radius 1 is 1.38 bits per heavy atom. The van der Waals surface area contributed by atoms with Gasteiger partial charge >= 0.3 is 0 Å². The van der Waals surface area contributed by atoms with Gasteiger partial charge in [0.1, 0.15) is 5.78 Å². The average molecular weight is 182 g/mol. The first-order chi connectivity index (χ1) is 6.20. The van der Waals surface area contributed by atoms with Crippen molar-refractivity contribution in [3.8, 4) is 0 Å². The van der Waals surface area contributed by atoms with Crippen LogP contribution in [0.1, 0.15) is 52.4 Å². The van der Waals surface area contributed by atoms with Crippen LogP contribution < -0.4 is 0 Å². The number of Topliss-reactive ketones (excluding diaryl/α,β-unsaturated/α-hetero) is 1. The standard InChI is InChI=1S/C12H22O/c1-4-6-9-12(5-2)10-7-8-11(3)13/h5,12H,2,4,6-10H2,1,3H3. The molecule has 0 rings (SSSR count). The van der Waals surface area contributed by atoms with Crippen molar-refractivity contribution in [1.29, 1.82) is 0 Å². The van der Waals surface area contributed by atoms with E-state index in [1.54, 1.807) is 6.92 Å². The highest BCUT2D eigenvalue weighted by Gasteiger charge is 2.03. The molecule has 1 atom stereocenters. The number of carbonyl (C=O) groups is 1. The summed E-state index contributed by atoms with van der Waals surface area (Å²) in [6.07, 6.45) is 8.68. The molecular formula is C12H22O. The van der Waals surface area contributed by atoms with Gasteiger partial charge in [0.25, 0.3) is 0 Å². The maximum absolute atomic E-state index is 10.7. The quantitative estimate of drug-likeness (QED) is 0.523. The maximum Gasteiger partial charge on any atom is 0.129 e. The lowest BCUT2D eigenvalue weighted by Crippen LogP contribution is -1.98. The first kappa shape index (κ1) is 12.4. The number of rotatable bonds is 8. The molecule has 0 N–H and O–H groups in total. The molecule has 0 bridgehead atoms. The van der Waals surface area contributed by atoms with Gasteiger partial charge in [-0.15, -0.1) is 6.58 Å². The van der Waals surface area contributed by atoms with Gasteiger partial charge < -0.3 is 4.79 Å². The zero-order chi connectivity index (χ0) is 10.1. The molecule has 0 amide bonds. The van der Waals surface area contributed by atoms with Crippen LogP contribution >= 0.6 is 0 Å². The van der Waals surface area contributed by atoms with Crippen LogP contribution in [0.5, 0.6) is 0 Å². The van der Waals surface area contributed by atoms with E-state index >= 15 is 0 Å². The van der Waals surface area contributed by atoms with E-state index in [0.29, 0.717) is 11.7 Å². The van der Waals surface area contributed by atoms with Gasteiger partial charge in [0.05, 0.1) is 0 Å². The Kier molecular flexibility index (Phi) is 7.66. The topological polar surface area (TPSA) is 17.1 Å². The lowest BCUT2D eigenvalue weighted by Gasteiger charge is -2.10. The summed E-state index contributed by atoms with van der Waals surface area (Å²) in [4.78, 5) is 10.7. The minimum Gasteiger partial charge on any atom is -0.300 e. The van der Waals surface area contributed by atoms with Crippen LogP contribution in [-0.4, -0.2) is 5.78 Å². The fourth-order valence-electron chi connectivity index (χ4n) is 1.46. The molecule has 0 aromatic heterocycles. The molecule has 0 aliphatic heterocycles. The van der Waals surface area contributed by atoms with E-state index in [0.717, 1.165) is 19.3 Å². The predicted octanol–water partition coefficient (Wildman–Crippen LogP) is 3.74. The number of hydrogen-bond acceptors (Lipinski definition) is 1. The minimum atomic E-state index is 0.304. The van der Waals surface area contributed by atoms with Crippen molar-refractivity contribution in [1.82, 2.24) is 0 Å². The van der Waals surface area contributed by atoms with Crippen LogP contribution in [0.25, 0.3) is 0 Å². The average Bonchev–Trinajstić information content (AvgIpc) is 2.10. The van der Waals surface area contributed by atoms with Gasteiger partial charge in [0, 0.05) is 6.42 Å². The second-order valence-electron chi connectivity index (χ2n) is 3.73. The molecule has 13 heavy (non-hydrogen) atoms. The third-order valence-corrected chi connectivity index (χ3v) is 2.37. The van der Waals surface area contributed by atoms with Crippen LogP contribution in [0, 0.1) is 5.92 Å². The van der Waals surface area contributed by atoms with Crippen molar-refractivity contribution in [2.45, 2.75) is 52.4 Å². The first-order valence-corrected chi connectivity index (χ1v) is 5.32. The first-order valence-electron chi connectivity index (χ1n) is 5.32. The van der Waals surface area contributed by atoms with Gasteiger partial charge in [0.2, 0.25) is 0 Å². The van der Waals surface area contributed by atoms with Gasteiger partial charge in [-0.1, -0.05) is 25.8 Å². The van der Waals surface area contributed by atoms with E-state index in [4.69, 9.17) is 0 Å². The lowest BCUT2D eigenvalue weighted by atomic mass is 9.96. The van der Waals surface area contributed by atoms with E-state index in [1.807, 2.05) is 6.08 Å². The van der Waals surface area contributed by atoms with Crippen LogP contribution in [0.2, 0.25) is 0 Å². The van der Waals surface area contributed by atoms with Gasteiger partial charge in [-0.05, 0) is 32.1 Å². The zero-order valence-corrected chi connectivity index (χ0v) is 9.01. The van der Waals surface area contributed by atoms with E-state index in [-0.39, 0.29) is 0 Å². The molecule has 1 unspecified atom stereocenters. The molecular weight excluding hydrogens is 160 g/mol. The molecule has 0 aromatic carbocycles. The second-order valence-corrected chi connectivity index (χ2v) is 3.73. The number of hydrogen-bond donors (Lipinski definition) is 0. The van der Waals surface area contributed by atoms with Crippen LogP contribution in [-0.2, 0) is 4.79 Å². The summed E-state index contributed by atoms with van der Waals surface area (Å²) in [5.74, 6) is 0.928. The zero-order valence-electron chi connectivity index (χ0n) is 9.01. The minimum absolute atomic E-state index is 0.304. The van der Waals surface area contributed by atoms with Gasteiger partial charge in [-0.3, -0.25) is 0 Å². The van der Waals surface area contributed by atoms with E-state index in [1.165, 1.54) is 19.3 Å². The molecule has 0 heterocycles. The van der Waals surface area contributed by atoms with Crippen molar-refractivity contribution >= 4 is 5.78 Å². The highest BCUT2D eigenvalue weighted by molar-refractivity contribution is 5.75. The Balaban J connectivity index is 3.47. The summed E-state index contributed by atoms with van der Waals surface area (Å²) in [5.41, 5.74) is 0. The van der Waals surface area contributed by atoms with Crippen molar-refractivity contribution in [2.24, 2.45) is 5.92 Å². The Morgan fingerprint density at radius 2 is 2.00 bits per heavy atom. The molecule has 0 spiro atoms. The van der Waals surface area contributed by atoms with Crippen LogP contribution in [0.4, 0.5) is 0 Å². The molecule has 1 nitrogen and oxygen atoms in total. The Hall–Kier alpha value is -0.590. The van der Waals surface area contributed by atoms with E-state index in [2.05, 4.69) is 13.5 Å². The fraction of sp³-hybridized carbons (Fsp3) is 0.750. The Bertz CT molecular complexity index is 149. The van der Waals surface area contributed by atoms with E-state index in [9.17, 15) is 4.79 Å². The normalized spacial score (nSPS) is 12.5. The molecule has 0 aliphatic carbocycles. The SMILES string of the molecule is C=CC(CCCC)CCCC(C)=O. The summed E-state index contributed by atoms with van der Waals surface area (Å²) < 4.78 is 0. The molecule has 0 aliphatic rings. The van der Waals surface area contributed by atoms with Crippen molar-refractivity contribution in [3.63, 3.8) is 0 Å². The van der Waals surface area contributed by atoms with Crippen molar-refractivity contribution < 1.29 is 4.79 Å². The van der Waals surface area contributed by atoms with Crippen LogP contribution in [0.3, 0.4) is 0 Å². The van der Waals surface area contributed by atoms with Gasteiger partial charge in [0.15, 0.2) is 0 Å². The largest absolute Gasteiger partial charge is 0.300 e. The maximum atomic E-state index is 10.7. The number of allylic oxidation sites excluding steroid dienone is 1. The second kappa shape index (κ2) is 8.03. The summed E-state index contributed by atoms with van der Waals surface area (Å²) in [6.45, 7) is 7.69. The Labute approximate surface area is 82.2 Å². The number of unbranched alkanes of at least 4 members (excludes halogenated alkanes) is 1. The van der Waals surface area contributed by atoms with E-state index < -0.39 is 0 Å². The van der Waals surface area contributed by atoms with Crippen molar-refractivity contribution in [2.75, 3.05) is 0 Å². The number of ketones is 1. The summed E-state index contributed by atoms with van der Waals surface area (Å²) >= 11 is 0. The molecule has 0 aromatic rings. The fourth-order valence-corrected chi connectivity index (χ4v) is 1.46. The predicted molar refractivity (Wildman–Crippen MR) is 57.7 cm³/mol. The molecule has 1 heteroatoms. The smallest absolute Gasteiger partial charge is 0.129 e. The lowest BCUT2D eigenvalue weighted by molar-refractivity contribution is -0.117. The Morgan fingerprint density at radius 3 is 2.46 bits per heavy atom. The van der Waals surface area contributed by atoms with Crippen LogP contribution in [0.15, 0.2) is 12.7 Å². The number of carbonyl (C=O) groups excluding carboxylic acids is 1. The molecule has 76 valence electrons. The third kappa shape index (κ3) is 7.76. The highest BCUT2D eigenvalue weighted by Crippen LogP contribution is 2.16. The summed E-state index contributed by atoms with van der Waals surface area (Å²) in [5, 5.41) is 0. The molecule has 0 fully saturated rings. The summed E-state index contributed by atoms with van der Waals surface area (Å²) in [6, 6.07) is 0. The van der Waals surface area contributed by atoms with Gasteiger partial charge in [-0.2, -0.15) is 0 Å². The highest BCUT2D eigenvalue weighted by atomic mass is 16.1. The van der Waals surface area contributed by atoms with Gasteiger partial charge in [-0.25, -0.2) is 0 Å².